The van der Waals surface area contributed by atoms with Gasteiger partial charge in [-0.05, 0) is 0 Å². The number of amides is 1. The zero-order valence-corrected chi connectivity index (χ0v) is 5.69. The Morgan fingerprint density at radius 2 is 2.17 bits per heavy atom. The summed E-state index contributed by atoms with van der Waals surface area (Å²) in [5.74, 6) is 0. The molecule has 1 N–H and O–H groups in total. The Balaban J connectivity index is 2.54. The van der Waals surface area contributed by atoms with Crippen LogP contribution in [0.15, 0.2) is 0 Å². The minimum absolute atomic E-state index is 0.445. The lowest BCUT2D eigenvalue weighted by Crippen LogP contribution is -2.38. The molecular weight excluding hydrogens is 182 g/mol. The summed E-state index contributed by atoms with van der Waals surface area (Å²) < 4.78 is 51.3. The number of alkyl carbamates (subject to hydrolysis) is 1. The van der Waals surface area contributed by atoms with E-state index in [1.807, 2.05) is 5.32 Å². The summed E-state index contributed by atoms with van der Waals surface area (Å²) in [5.41, 5.74) is 0. The number of hydrogen-bond donors (Lipinski definition) is 1. The van der Waals surface area contributed by atoms with Crippen LogP contribution in [-0.2, 0) is 4.74 Å². The predicted octanol–water partition coefficient (Wildman–Crippen LogP) is 0.995. The maximum absolute atomic E-state index is 12.3. The van der Waals surface area contributed by atoms with E-state index >= 15 is 0 Å². The van der Waals surface area contributed by atoms with Crippen LogP contribution in [0.5, 0.6) is 0 Å². The third-order valence-electron chi connectivity index (χ3n) is 1.35. The van der Waals surface area contributed by atoms with E-state index in [1.54, 1.807) is 0 Å². The maximum Gasteiger partial charge on any atom is 0.423 e. The summed E-state index contributed by atoms with van der Waals surface area (Å²) in [5, 5.41) is 1.92. The molecule has 0 aromatic heterocycles. The number of hydrogen-bond acceptors (Lipinski definition) is 2. The molecule has 0 aromatic carbocycles. The van der Waals surface area contributed by atoms with Crippen molar-refractivity contribution in [3.63, 3.8) is 0 Å². The lowest BCUT2D eigenvalue weighted by atomic mass is 10.2. The van der Waals surface area contributed by atoms with Gasteiger partial charge in [-0.2, -0.15) is 13.2 Å². The molecule has 0 spiro atoms. The van der Waals surface area contributed by atoms with Crippen LogP contribution in [-0.4, -0.2) is 31.1 Å². The molecule has 1 aliphatic heterocycles. The van der Waals surface area contributed by atoms with Gasteiger partial charge in [0.1, 0.15) is 0 Å². The summed E-state index contributed by atoms with van der Waals surface area (Å²) in [6.07, 6.45) is -10.9. The second-order valence-electron chi connectivity index (χ2n) is 2.27. The molecule has 1 saturated heterocycles. The van der Waals surface area contributed by atoms with Crippen LogP contribution in [0.4, 0.5) is 22.4 Å². The molecule has 0 aliphatic carbocycles. The summed E-state index contributed by atoms with van der Waals surface area (Å²) in [7, 11) is 0. The number of cyclic esters (lactones) is 1. The van der Waals surface area contributed by atoms with Gasteiger partial charge in [-0.25, -0.2) is 9.18 Å². The standard InChI is InChI=1S/C5H5F4NO2/c6-3(5(7,8)9)2-1-10-4(11)12-2/h2-3H,1H2,(H,10,11). The SMILES string of the molecule is O=C1NCC(C(F)C(F)(F)F)O1. The fraction of sp³-hybridized carbons (Fsp3) is 0.800. The number of rotatable bonds is 1. The minimum atomic E-state index is -4.98. The Morgan fingerprint density at radius 3 is 2.50 bits per heavy atom. The third-order valence-corrected chi connectivity index (χ3v) is 1.35. The fourth-order valence-corrected chi connectivity index (χ4v) is 0.779. The van der Waals surface area contributed by atoms with Crippen LogP contribution in [0.2, 0.25) is 0 Å². The van der Waals surface area contributed by atoms with Gasteiger partial charge in [-0.15, -0.1) is 0 Å². The van der Waals surface area contributed by atoms with Crippen LogP contribution >= 0.6 is 0 Å². The first kappa shape index (κ1) is 9.08. The fourth-order valence-electron chi connectivity index (χ4n) is 0.779. The van der Waals surface area contributed by atoms with Crippen LogP contribution in [0, 0.1) is 0 Å². The van der Waals surface area contributed by atoms with Crippen molar-refractivity contribution in [2.45, 2.75) is 18.5 Å². The Bertz CT molecular complexity index is 192. The van der Waals surface area contributed by atoms with Crippen molar-refractivity contribution in [3.05, 3.63) is 0 Å². The number of carbonyl (C=O) groups is 1. The van der Waals surface area contributed by atoms with E-state index in [1.165, 1.54) is 0 Å². The zero-order chi connectivity index (χ0) is 9.35. The Labute approximate surface area is 64.7 Å². The normalized spacial score (nSPS) is 26.3. The molecule has 70 valence electrons. The highest BCUT2D eigenvalue weighted by atomic mass is 19.4. The number of halogens is 4. The Morgan fingerprint density at radius 1 is 1.58 bits per heavy atom. The molecule has 1 aliphatic rings. The molecule has 0 aromatic rings. The van der Waals surface area contributed by atoms with E-state index in [0.717, 1.165) is 0 Å². The first-order chi connectivity index (χ1) is 5.41. The first-order valence-electron chi connectivity index (χ1n) is 3.06. The van der Waals surface area contributed by atoms with Gasteiger partial charge >= 0.3 is 12.3 Å². The molecule has 1 heterocycles. The average Bonchev–Trinajstić information content (AvgIpc) is 2.32. The first-order valence-corrected chi connectivity index (χ1v) is 3.06. The molecule has 12 heavy (non-hydrogen) atoms. The summed E-state index contributed by atoms with van der Waals surface area (Å²) in [6.45, 7) is -0.445. The van der Waals surface area contributed by atoms with Crippen molar-refractivity contribution in [1.29, 1.82) is 0 Å². The highest BCUT2D eigenvalue weighted by Gasteiger charge is 2.49. The Hall–Kier alpha value is -1.01. The van der Waals surface area contributed by atoms with E-state index in [4.69, 9.17) is 0 Å². The van der Waals surface area contributed by atoms with E-state index < -0.39 is 31.1 Å². The van der Waals surface area contributed by atoms with Gasteiger partial charge < -0.3 is 10.1 Å². The molecule has 2 unspecified atom stereocenters. The van der Waals surface area contributed by atoms with Gasteiger partial charge in [0.25, 0.3) is 0 Å². The van der Waals surface area contributed by atoms with E-state index in [0.29, 0.717) is 0 Å². The molecular formula is C5H5F4NO2. The summed E-state index contributed by atoms with van der Waals surface area (Å²) >= 11 is 0. The third kappa shape index (κ3) is 1.77. The number of ether oxygens (including phenoxy) is 1. The Kier molecular flexibility index (Phi) is 2.12. The zero-order valence-electron chi connectivity index (χ0n) is 5.69. The highest BCUT2D eigenvalue weighted by Crippen LogP contribution is 2.27. The molecule has 7 heteroatoms. The van der Waals surface area contributed by atoms with Gasteiger partial charge in [0.05, 0.1) is 6.54 Å². The summed E-state index contributed by atoms with van der Waals surface area (Å²) in [4.78, 5) is 10.2. The van der Waals surface area contributed by atoms with Gasteiger partial charge in [0, 0.05) is 0 Å². The molecule has 2 atom stereocenters. The number of carbonyl (C=O) groups excluding carboxylic acids is 1. The van der Waals surface area contributed by atoms with Crippen molar-refractivity contribution in [3.8, 4) is 0 Å². The summed E-state index contributed by atoms with van der Waals surface area (Å²) in [6, 6.07) is 0. The smallest absolute Gasteiger partial charge is 0.423 e. The maximum atomic E-state index is 12.3. The van der Waals surface area contributed by atoms with Crippen molar-refractivity contribution < 1.29 is 27.1 Å². The van der Waals surface area contributed by atoms with Crippen molar-refractivity contribution >= 4 is 6.09 Å². The minimum Gasteiger partial charge on any atom is -0.441 e. The van der Waals surface area contributed by atoms with Gasteiger partial charge in [0.15, 0.2) is 6.10 Å². The topological polar surface area (TPSA) is 38.3 Å². The molecule has 0 saturated carbocycles. The quantitative estimate of drug-likeness (QED) is 0.621. The van der Waals surface area contributed by atoms with Crippen LogP contribution in [0.25, 0.3) is 0 Å². The lowest BCUT2D eigenvalue weighted by molar-refractivity contribution is -0.200. The average molecular weight is 187 g/mol. The molecule has 1 amide bonds. The molecule has 0 radical (unpaired) electrons. The van der Waals surface area contributed by atoms with Crippen LogP contribution < -0.4 is 5.32 Å². The predicted molar refractivity (Wildman–Crippen MR) is 29.2 cm³/mol. The monoisotopic (exact) mass is 187 g/mol. The second kappa shape index (κ2) is 2.80. The number of nitrogens with one attached hydrogen (secondary N) is 1. The van der Waals surface area contributed by atoms with E-state index in [9.17, 15) is 22.4 Å². The lowest BCUT2D eigenvalue weighted by Gasteiger charge is -2.15. The van der Waals surface area contributed by atoms with E-state index in [2.05, 4.69) is 4.74 Å². The molecule has 1 fully saturated rings. The van der Waals surface area contributed by atoms with E-state index in [-0.39, 0.29) is 0 Å². The molecule has 1 rings (SSSR count). The van der Waals surface area contributed by atoms with Crippen LogP contribution in [0.1, 0.15) is 0 Å². The van der Waals surface area contributed by atoms with Crippen molar-refractivity contribution in [2.24, 2.45) is 0 Å². The molecule has 3 nitrogen and oxygen atoms in total. The van der Waals surface area contributed by atoms with Crippen molar-refractivity contribution in [1.82, 2.24) is 5.32 Å². The van der Waals surface area contributed by atoms with Crippen molar-refractivity contribution in [2.75, 3.05) is 6.54 Å². The van der Waals surface area contributed by atoms with Gasteiger partial charge in [-0.1, -0.05) is 0 Å². The van der Waals surface area contributed by atoms with Crippen LogP contribution in [0.3, 0.4) is 0 Å². The highest BCUT2D eigenvalue weighted by molar-refractivity contribution is 5.69. The molecule has 0 bridgehead atoms. The largest absolute Gasteiger partial charge is 0.441 e. The second-order valence-corrected chi connectivity index (χ2v) is 2.27. The van der Waals surface area contributed by atoms with Gasteiger partial charge in [0.2, 0.25) is 6.17 Å². The van der Waals surface area contributed by atoms with Gasteiger partial charge in [-0.3, -0.25) is 0 Å². The number of alkyl halides is 4.